The van der Waals surface area contributed by atoms with Gasteiger partial charge in [0.25, 0.3) is 0 Å². The summed E-state index contributed by atoms with van der Waals surface area (Å²) in [6.07, 6.45) is 1.69. The molecule has 1 amide bonds. The molecule has 0 radical (unpaired) electrons. The zero-order valence-corrected chi connectivity index (χ0v) is 20.6. The third-order valence-corrected chi connectivity index (χ3v) is 6.22. The Kier molecular flexibility index (Phi) is 8.62. The maximum absolute atomic E-state index is 13.9. The van der Waals surface area contributed by atoms with Gasteiger partial charge in [0.15, 0.2) is 16.8 Å². The quantitative estimate of drug-likeness (QED) is 0.256. The van der Waals surface area contributed by atoms with Crippen molar-refractivity contribution in [3.05, 3.63) is 76.5 Å². The zero-order valence-electron chi connectivity index (χ0n) is 18.1. The number of carbonyl (C=O) groups is 1. The minimum atomic E-state index is -0.865. The van der Waals surface area contributed by atoms with Gasteiger partial charge in [0, 0.05) is 17.1 Å². The Morgan fingerprint density at radius 2 is 2.00 bits per heavy atom. The number of rotatable bonds is 10. The third-order valence-electron chi connectivity index (χ3n) is 4.62. The lowest BCUT2D eigenvalue weighted by atomic mass is 10.0. The molecule has 1 N–H and O–H groups in total. The van der Waals surface area contributed by atoms with Gasteiger partial charge in [0.05, 0.1) is 11.4 Å². The number of hydrogen-bond donors (Lipinski definition) is 1. The molecule has 2 aromatic carbocycles. The average Bonchev–Trinajstić information content (AvgIpc) is 3.15. The number of thioether (sulfide) groups is 1. The number of aromatic nitrogens is 3. The van der Waals surface area contributed by atoms with Crippen LogP contribution in [0.25, 0.3) is 0 Å². The second-order valence-corrected chi connectivity index (χ2v) is 9.19. The fourth-order valence-corrected chi connectivity index (χ4v) is 4.18. The summed E-state index contributed by atoms with van der Waals surface area (Å²) in [6.45, 7) is 8.64. The molecule has 1 heterocycles. The first-order valence-electron chi connectivity index (χ1n) is 10.1. The molecule has 0 bridgehead atoms. The number of ether oxygens (including phenoxy) is 1. The van der Waals surface area contributed by atoms with Gasteiger partial charge in [0.1, 0.15) is 18.2 Å². The number of anilines is 1. The predicted octanol–water partition coefficient (Wildman–Crippen LogP) is 5.94. The first kappa shape index (κ1) is 24.9. The van der Waals surface area contributed by atoms with Crippen LogP contribution in [0.3, 0.4) is 0 Å². The summed E-state index contributed by atoms with van der Waals surface area (Å²) in [7, 11) is 0. The number of nitrogens with one attached hydrogen (secondary N) is 1. The molecule has 1 aromatic heterocycles. The van der Waals surface area contributed by atoms with E-state index >= 15 is 0 Å². The highest BCUT2D eigenvalue weighted by Gasteiger charge is 2.16. The van der Waals surface area contributed by atoms with E-state index in [0.29, 0.717) is 35.3 Å². The molecule has 0 aliphatic heterocycles. The van der Waals surface area contributed by atoms with Crippen molar-refractivity contribution in [2.24, 2.45) is 0 Å². The van der Waals surface area contributed by atoms with Gasteiger partial charge in [-0.2, -0.15) is 0 Å². The van der Waals surface area contributed by atoms with Crippen molar-refractivity contribution in [2.75, 3.05) is 11.1 Å². The van der Waals surface area contributed by atoms with E-state index in [1.807, 2.05) is 24.3 Å². The van der Waals surface area contributed by atoms with Crippen molar-refractivity contribution in [3.63, 3.8) is 0 Å². The Labute approximate surface area is 203 Å². The molecule has 3 rings (SSSR count). The highest BCUT2D eigenvalue weighted by molar-refractivity contribution is 9.10. The van der Waals surface area contributed by atoms with Gasteiger partial charge in [-0.15, -0.1) is 16.8 Å². The molecule has 0 spiro atoms. The highest BCUT2D eigenvalue weighted by atomic mass is 79.9. The molecule has 0 unspecified atom stereocenters. The molecule has 3 aromatic rings. The summed E-state index contributed by atoms with van der Waals surface area (Å²) < 4.78 is 34.9. The third kappa shape index (κ3) is 6.64. The molecule has 6 nitrogen and oxygen atoms in total. The van der Waals surface area contributed by atoms with E-state index in [2.05, 4.69) is 51.9 Å². The van der Waals surface area contributed by atoms with Crippen molar-refractivity contribution in [3.8, 4) is 5.75 Å². The Bertz CT molecular complexity index is 1110. The van der Waals surface area contributed by atoms with Crippen LogP contribution >= 0.6 is 27.7 Å². The minimum Gasteiger partial charge on any atom is -0.486 e. The normalized spacial score (nSPS) is 11.0. The number of allylic oxidation sites excluding steroid dienone is 1. The van der Waals surface area contributed by atoms with Crippen molar-refractivity contribution in [2.45, 2.75) is 38.1 Å². The Balaban J connectivity index is 1.63. The number of hydrogen-bond acceptors (Lipinski definition) is 5. The van der Waals surface area contributed by atoms with Crippen molar-refractivity contribution in [1.82, 2.24) is 14.8 Å². The molecule has 0 aliphatic rings. The first-order valence-corrected chi connectivity index (χ1v) is 11.9. The summed E-state index contributed by atoms with van der Waals surface area (Å²) >= 11 is 4.19. The molecule has 174 valence electrons. The molecule has 0 saturated carbocycles. The van der Waals surface area contributed by atoms with Crippen LogP contribution < -0.4 is 10.1 Å². The lowest BCUT2D eigenvalue weighted by Crippen LogP contribution is -2.16. The second kappa shape index (κ2) is 11.4. The van der Waals surface area contributed by atoms with E-state index in [9.17, 15) is 13.6 Å². The van der Waals surface area contributed by atoms with Gasteiger partial charge in [-0.3, -0.25) is 9.36 Å². The number of amides is 1. The smallest absolute Gasteiger partial charge is 0.234 e. The summed E-state index contributed by atoms with van der Waals surface area (Å²) in [4.78, 5) is 12.3. The van der Waals surface area contributed by atoms with Gasteiger partial charge >= 0.3 is 0 Å². The number of nitrogens with zero attached hydrogens (tertiary/aromatic N) is 3. The van der Waals surface area contributed by atoms with E-state index in [-0.39, 0.29) is 22.5 Å². The molecule has 0 saturated heterocycles. The topological polar surface area (TPSA) is 69.0 Å². The first-order chi connectivity index (χ1) is 15.8. The summed E-state index contributed by atoms with van der Waals surface area (Å²) in [6, 6.07) is 9.66. The van der Waals surface area contributed by atoms with E-state index < -0.39 is 17.5 Å². The molecule has 10 heteroatoms. The van der Waals surface area contributed by atoms with E-state index in [1.165, 1.54) is 5.56 Å². The Morgan fingerprint density at radius 1 is 1.27 bits per heavy atom. The largest absolute Gasteiger partial charge is 0.486 e. The lowest BCUT2D eigenvalue weighted by molar-refractivity contribution is -0.113. The van der Waals surface area contributed by atoms with Gasteiger partial charge in [-0.1, -0.05) is 43.8 Å². The summed E-state index contributed by atoms with van der Waals surface area (Å²) in [5, 5.41) is 11.3. The fourth-order valence-electron chi connectivity index (χ4n) is 2.91. The van der Waals surface area contributed by atoms with Gasteiger partial charge in [-0.05, 0) is 45.6 Å². The van der Waals surface area contributed by atoms with Crippen LogP contribution in [0.15, 0.2) is 58.7 Å². The van der Waals surface area contributed by atoms with Gasteiger partial charge in [0.2, 0.25) is 5.91 Å². The zero-order chi connectivity index (χ0) is 24.0. The van der Waals surface area contributed by atoms with Crippen LogP contribution in [0.1, 0.15) is 31.2 Å². The van der Waals surface area contributed by atoms with Crippen LogP contribution in [-0.4, -0.2) is 26.4 Å². The number of halogens is 3. The molecule has 33 heavy (non-hydrogen) atoms. The number of carbonyl (C=O) groups excluding carboxylic acids is 1. The van der Waals surface area contributed by atoms with E-state index in [1.54, 1.807) is 10.6 Å². The Hall–Kier alpha value is -2.72. The van der Waals surface area contributed by atoms with E-state index in [0.717, 1.165) is 17.8 Å². The molecule has 0 atom stereocenters. The van der Waals surface area contributed by atoms with Gasteiger partial charge in [-0.25, -0.2) is 8.78 Å². The molecule has 0 aliphatic carbocycles. The van der Waals surface area contributed by atoms with Crippen molar-refractivity contribution >= 4 is 39.3 Å². The summed E-state index contributed by atoms with van der Waals surface area (Å²) in [5.41, 5.74) is 1.11. The summed E-state index contributed by atoms with van der Waals surface area (Å²) in [5.74, 6) is -0.387. The molecule has 0 fully saturated rings. The van der Waals surface area contributed by atoms with Crippen LogP contribution in [0.4, 0.5) is 14.5 Å². The Morgan fingerprint density at radius 3 is 2.64 bits per heavy atom. The van der Waals surface area contributed by atoms with Crippen molar-refractivity contribution < 1.29 is 18.3 Å². The van der Waals surface area contributed by atoms with Crippen LogP contribution in [0.2, 0.25) is 0 Å². The number of benzene rings is 2. The second-order valence-electron chi connectivity index (χ2n) is 7.39. The lowest BCUT2D eigenvalue weighted by Gasteiger charge is -2.11. The average molecular weight is 537 g/mol. The van der Waals surface area contributed by atoms with E-state index in [4.69, 9.17) is 4.74 Å². The highest BCUT2D eigenvalue weighted by Crippen LogP contribution is 2.27. The maximum atomic E-state index is 13.9. The van der Waals surface area contributed by atoms with Crippen LogP contribution in [0.5, 0.6) is 5.75 Å². The van der Waals surface area contributed by atoms with Gasteiger partial charge < -0.3 is 10.1 Å². The van der Waals surface area contributed by atoms with Crippen molar-refractivity contribution in [1.29, 1.82) is 0 Å². The van der Waals surface area contributed by atoms with Crippen LogP contribution in [-0.2, 0) is 17.9 Å². The molecular formula is C23H23BrF2N4O2S. The molecular weight excluding hydrogens is 514 g/mol. The standard InChI is InChI=1S/C23H23BrF2N4O2S/c1-4-9-30-20(12-32-17-7-5-15(6-8-17)14(2)3)28-29-23(30)33-13-21(31)27-22-18(24)10-16(25)11-19(22)26/h4-8,10-11,14H,1,9,12-13H2,2-3H3,(H,27,31). The minimum absolute atomic E-state index is 0.0456. The monoisotopic (exact) mass is 536 g/mol. The maximum Gasteiger partial charge on any atom is 0.234 e. The predicted molar refractivity (Wildman–Crippen MR) is 128 cm³/mol. The van der Waals surface area contributed by atoms with Crippen LogP contribution in [0, 0.1) is 11.6 Å². The SMILES string of the molecule is C=CCn1c(COc2ccc(C(C)C)cc2)nnc1SCC(=O)Nc1c(F)cc(F)cc1Br. The fraction of sp³-hybridized carbons (Fsp3) is 0.261.